The van der Waals surface area contributed by atoms with Gasteiger partial charge >= 0.3 is 5.97 Å². The number of carboxylic acid groups (broad SMARTS) is 1. The molecule has 2 saturated heterocycles. The first-order valence-corrected chi connectivity index (χ1v) is 10.5. The number of hydrogen-bond acceptors (Lipinski definition) is 5. The van der Waals surface area contributed by atoms with E-state index in [1.165, 1.54) is 5.57 Å². The molecule has 29 heavy (non-hydrogen) atoms. The van der Waals surface area contributed by atoms with Crippen LogP contribution in [0.15, 0.2) is 29.8 Å². The maximum Gasteiger partial charge on any atom is 0.308 e. The molecule has 1 spiro atoms. The summed E-state index contributed by atoms with van der Waals surface area (Å²) in [5.74, 6) is 0.456. The van der Waals surface area contributed by atoms with E-state index in [4.69, 9.17) is 14.2 Å². The highest BCUT2D eigenvalue weighted by atomic mass is 16.5. The lowest BCUT2D eigenvalue weighted by Crippen LogP contribution is -2.40. The average Bonchev–Trinajstić information content (AvgIpc) is 3.01. The van der Waals surface area contributed by atoms with Crippen molar-refractivity contribution < 1.29 is 24.1 Å². The van der Waals surface area contributed by atoms with Crippen molar-refractivity contribution in [2.24, 2.45) is 11.3 Å². The number of carbonyl (C=O) groups is 1. The molecule has 0 bridgehead atoms. The van der Waals surface area contributed by atoms with Crippen LogP contribution < -0.4 is 9.47 Å². The minimum Gasteiger partial charge on any atom is -0.490 e. The molecule has 1 aromatic carbocycles. The zero-order valence-electron chi connectivity index (χ0n) is 17.8. The van der Waals surface area contributed by atoms with Crippen LogP contribution in [0, 0.1) is 11.3 Å². The predicted molar refractivity (Wildman–Crippen MR) is 111 cm³/mol. The Labute approximate surface area is 173 Å². The maximum atomic E-state index is 11.9. The fourth-order valence-corrected chi connectivity index (χ4v) is 4.41. The molecule has 0 aromatic heterocycles. The van der Waals surface area contributed by atoms with E-state index in [9.17, 15) is 9.90 Å². The van der Waals surface area contributed by atoms with Crippen molar-refractivity contribution in [2.75, 3.05) is 39.5 Å². The Balaban J connectivity index is 1.71. The van der Waals surface area contributed by atoms with E-state index in [0.717, 1.165) is 36.4 Å². The van der Waals surface area contributed by atoms with Crippen molar-refractivity contribution in [1.29, 1.82) is 0 Å². The van der Waals surface area contributed by atoms with E-state index in [1.807, 2.05) is 45.0 Å². The molecule has 160 valence electrons. The molecule has 0 amide bonds. The molecule has 0 radical (unpaired) electrons. The van der Waals surface area contributed by atoms with Gasteiger partial charge in [-0.15, -0.1) is 0 Å². The summed E-state index contributed by atoms with van der Waals surface area (Å²) in [7, 11) is 0. The van der Waals surface area contributed by atoms with Gasteiger partial charge in [-0.05, 0) is 57.4 Å². The highest BCUT2D eigenvalue weighted by molar-refractivity contribution is 5.72. The molecule has 2 heterocycles. The quantitative estimate of drug-likeness (QED) is 0.667. The molecule has 1 atom stereocenters. The van der Waals surface area contributed by atoms with E-state index in [-0.39, 0.29) is 11.3 Å². The van der Waals surface area contributed by atoms with Crippen LogP contribution in [0.25, 0.3) is 0 Å². The van der Waals surface area contributed by atoms with Gasteiger partial charge in [0, 0.05) is 38.3 Å². The normalized spacial score (nSPS) is 21.1. The van der Waals surface area contributed by atoms with Crippen LogP contribution >= 0.6 is 0 Å². The van der Waals surface area contributed by atoms with Crippen molar-refractivity contribution in [3.05, 3.63) is 35.4 Å². The largest absolute Gasteiger partial charge is 0.490 e. The lowest BCUT2D eigenvalue weighted by Gasteiger charge is -2.36. The summed E-state index contributed by atoms with van der Waals surface area (Å²) in [6, 6.07) is 6.02. The van der Waals surface area contributed by atoms with Crippen LogP contribution in [-0.4, -0.2) is 55.5 Å². The molecule has 2 fully saturated rings. The number of nitrogens with zero attached hydrogens (tertiary/aromatic N) is 1. The fourth-order valence-electron chi connectivity index (χ4n) is 4.41. The van der Waals surface area contributed by atoms with Crippen molar-refractivity contribution in [1.82, 2.24) is 4.90 Å². The second-order valence-electron chi connectivity index (χ2n) is 8.34. The van der Waals surface area contributed by atoms with E-state index in [2.05, 4.69) is 4.90 Å². The summed E-state index contributed by atoms with van der Waals surface area (Å²) in [6.07, 6.45) is 3.68. The Kier molecular flexibility index (Phi) is 7.19. The highest BCUT2D eigenvalue weighted by Gasteiger charge is 2.50. The van der Waals surface area contributed by atoms with Crippen LogP contribution in [0.2, 0.25) is 0 Å². The van der Waals surface area contributed by atoms with E-state index >= 15 is 0 Å². The Bertz CT molecular complexity index is 735. The summed E-state index contributed by atoms with van der Waals surface area (Å²) in [5, 5.41) is 9.78. The number of allylic oxidation sites excluding steroid dienone is 1. The Hall–Kier alpha value is -2.05. The zero-order valence-corrected chi connectivity index (χ0v) is 17.8. The minimum atomic E-state index is -0.688. The molecule has 1 N–H and O–H groups in total. The third kappa shape index (κ3) is 5.31. The molecule has 3 rings (SSSR count). The van der Waals surface area contributed by atoms with Gasteiger partial charge in [0.05, 0.1) is 12.5 Å². The van der Waals surface area contributed by atoms with Gasteiger partial charge in [-0.2, -0.15) is 0 Å². The van der Waals surface area contributed by atoms with Crippen molar-refractivity contribution in [2.45, 2.75) is 40.2 Å². The molecule has 2 aliphatic heterocycles. The number of carboxylic acids is 1. The topological polar surface area (TPSA) is 68.2 Å². The average molecular weight is 404 g/mol. The van der Waals surface area contributed by atoms with Gasteiger partial charge in [0.15, 0.2) is 11.5 Å². The second-order valence-corrected chi connectivity index (χ2v) is 8.34. The highest BCUT2D eigenvalue weighted by Crippen LogP contribution is 2.45. The van der Waals surface area contributed by atoms with Gasteiger partial charge in [-0.25, -0.2) is 0 Å². The number of rotatable bonds is 8. The SMILES string of the molecule is CCOc1cc(CN2CC(C(=O)O)C3(CCOCC3)C2)ccc1OCC=C(C)C. The Morgan fingerprint density at radius 3 is 2.69 bits per heavy atom. The minimum absolute atomic E-state index is 0.166. The van der Waals surface area contributed by atoms with E-state index in [0.29, 0.717) is 39.5 Å². The number of benzene rings is 1. The number of aliphatic carboxylic acids is 1. The van der Waals surface area contributed by atoms with Gasteiger partial charge in [-0.1, -0.05) is 11.6 Å². The van der Waals surface area contributed by atoms with Gasteiger partial charge in [-0.3, -0.25) is 9.69 Å². The van der Waals surface area contributed by atoms with Gasteiger partial charge in [0.2, 0.25) is 0 Å². The smallest absolute Gasteiger partial charge is 0.308 e. The molecule has 6 nitrogen and oxygen atoms in total. The van der Waals surface area contributed by atoms with Crippen LogP contribution in [-0.2, 0) is 16.1 Å². The van der Waals surface area contributed by atoms with Crippen molar-refractivity contribution in [3.63, 3.8) is 0 Å². The number of likely N-dealkylation sites (tertiary alicyclic amines) is 1. The number of hydrogen-bond donors (Lipinski definition) is 1. The van der Waals surface area contributed by atoms with E-state index in [1.54, 1.807) is 0 Å². The molecule has 1 unspecified atom stereocenters. The van der Waals surface area contributed by atoms with Gasteiger partial charge in [0.1, 0.15) is 6.61 Å². The summed E-state index contributed by atoms with van der Waals surface area (Å²) >= 11 is 0. The predicted octanol–water partition coefficient (Wildman–Crippen LogP) is 3.74. The van der Waals surface area contributed by atoms with Gasteiger partial charge < -0.3 is 19.3 Å². The summed E-state index contributed by atoms with van der Waals surface area (Å²) in [6.45, 7) is 10.5. The lowest BCUT2D eigenvalue weighted by atomic mass is 9.72. The molecule has 0 saturated carbocycles. The first-order valence-electron chi connectivity index (χ1n) is 10.5. The van der Waals surface area contributed by atoms with Crippen LogP contribution in [0.4, 0.5) is 0 Å². The van der Waals surface area contributed by atoms with Crippen molar-refractivity contribution in [3.8, 4) is 11.5 Å². The second kappa shape index (κ2) is 9.63. The monoisotopic (exact) mass is 403 g/mol. The first-order chi connectivity index (χ1) is 13.9. The molecular formula is C23H33NO5. The maximum absolute atomic E-state index is 11.9. The van der Waals surface area contributed by atoms with Crippen LogP contribution in [0.5, 0.6) is 11.5 Å². The summed E-state index contributed by atoms with van der Waals surface area (Å²) < 4.78 is 17.1. The lowest BCUT2D eigenvalue weighted by molar-refractivity contribution is -0.147. The van der Waals surface area contributed by atoms with E-state index < -0.39 is 5.97 Å². The number of ether oxygens (including phenoxy) is 3. The molecule has 1 aromatic rings. The molecule has 2 aliphatic rings. The summed E-state index contributed by atoms with van der Waals surface area (Å²) in [5.41, 5.74) is 2.15. The Morgan fingerprint density at radius 2 is 2.03 bits per heavy atom. The third-order valence-corrected chi connectivity index (χ3v) is 5.95. The summed E-state index contributed by atoms with van der Waals surface area (Å²) in [4.78, 5) is 14.2. The van der Waals surface area contributed by atoms with Crippen molar-refractivity contribution >= 4 is 5.97 Å². The standard InChI is InChI=1S/C23H33NO5/c1-4-28-21-13-18(5-6-20(21)29-10-7-17(2)3)14-24-15-19(22(25)26)23(16-24)8-11-27-12-9-23/h5-7,13,19H,4,8-12,14-16H2,1-3H3,(H,25,26). The Morgan fingerprint density at radius 1 is 1.28 bits per heavy atom. The zero-order chi connectivity index (χ0) is 20.9. The molecule has 0 aliphatic carbocycles. The first kappa shape index (κ1) is 21.7. The van der Waals surface area contributed by atoms with Crippen LogP contribution in [0.3, 0.4) is 0 Å². The van der Waals surface area contributed by atoms with Crippen LogP contribution in [0.1, 0.15) is 39.2 Å². The molecule has 6 heteroatoms. The van der Waals surface area contributed by atoms with Gasteiger partial charge in [0.25, 0.3) is 0 Å². The third-order valence-electron chi connectivity index (χ3n) is 5.95. The molecular weight excluding hydrogens is 370 g/mol. The fraction of sp³-hybridized carbons (Fsp3) is 0.609.